The van der Waals surface area contributed by atoms with E-state index in [1.54, 1.807) is 42.7 Å². The molecule has 0 amide bonds. The molecule has 0 spiro atoms. The standard InChI is InChI=1S/C32H35F2N5O3SSi/c1-21(2)39-27(11-14-36-39)24-19-38(20-40-15-16-44(3,4)5)31-29(24)28(12-13-35-31)42-30-25(33)17-22(18-26(30)34)37-32(43)41-23-9-7-6-8-10-23/h6-14,17-19,21H,15-16,20H2,1-5H3,(H,37,43). The predicted molar refractivity (Wildman–Crippen MR) is 175 cm³/mol. The van der Waals surface area contributed by atoms with Crippen LogP contribution in [0.2, 0.25) is 25.7 Å². The third kappa shape index (κ3) is 7.32. The number of fused-ring (bicyclic) bond motifs is 1. The largest absolute Gasteiger partial charge is 0.450 e. The summed E-state index contributed by atoms with van der Waals surface area (Å²) in [5.74, 6) is -1.65. The molecule has 0 aliphatic carbocycles. The van der Waals surface area contributed by atoms with Crippen LogP contribution in [0.15, 0.2) is 73.2 Å². The minimum Gasteiger partial charge on any atom is -0.450 e. The summed E-state index contributed by atoms with van der Waals surface area (Å²) in [7, 11) is -1.27. The fourth-order valence-corrected chi connectivity index (χ4v) is 5.59. The molecule has 8 nitrogen and oxygen atoms in total. The van der Waals surface area contributed by atoms with Crippen molar-refractivity contribution >= 4 is 42.2 Å². The van der Waals surface area contributed by atoms with Crippen LogP contribution in [-0.2, 0) is 11.5 Å². The third-order valence-electron chi connectivity index (χ3n) is 6.79. The molecule has 0 bridgehead atoms. The van der Waals surface area contributed by atoms with Gasteiger partial charge in [0.15, 0.2) is 17.4 Å². The Morgan fingerprint density at radius 2 is 1.75 bits per heavy atom. The van der Waals surface area contributed by atoms with Crippen LogP contribution in [0.25, 0.3) is 22.3 Å². The predicted octanol–water partition coefficient (Wildman–Crippen LogP) is 8.64. The normalized spacial score (nSPS) is 11.7. The summed E-state index contributed by atoms with van der Waals surface area (Å²) in [4.78, 5) is 4.60. The number of benzene rings is 2. The summed E-state index contributed by atoms with van der Waals surface area (Å²) in [6.07, 6.45) is 5.18. The highest BCUT2D eigenvalue weighted by molar-refractivity contribution is 7.80. The molecule has 3 heterocycles. The van der Waals surface area contributed by atoms with Gasteiger partial charge in [-0.2, -0.15) is 5.10 Å². The first-order valence-electron chi connectivity index (χ1n) is 14.3. The molecule has 12 heteroatoms. The number of para-hydroxylation sites is 1. The number of ether oxygens (including phenoxy) is 3. The molecule has 0 aliphatic heterocycles. The van der Waals surface area contributed by atoms with Gasteiger partial charge in [-0.05, 0) is 56.4 Å². The number of thiocarbonyl (C=S) groups is 1. The number of anilines is 1. The van der Waals surface area contributed by atoms with Crippen molar-refractivity contribution in [3.05, 3.63) is 84.8 Å². The van der Waals surface area contributed by atoms with E-state index in [0.29, 0.717) is 23.4 Å². The Kier molecular flexibility index (Phi) is 9.42. The maximum Gasteiger partial charge on any atom is 0.266 e. The Morgan fingerprint density at radius 1 is 1.02 bits per heavy atom. The summed E-state index contributed by atoms with van der Waals surface area (Å²) in [5, 5.41) is 7.73. The van der Waals surface area contributed by atoms with E-state index in [-0.39, 0.29) is 29.4 Å². The van der Waals surface area contributed by atoms with Crippen LogP contribution in [-0.4, -0.2) is 39.2 Å². The van der Waals surface area contributed by atoms with E-state index in [9.17, 15) is 0 Å². The third-order valence-corrected chi connectivity index (χ3v) is 8.68. The first-order valence-corrected chi connectivity index (χ1v) is 18.4. The Hall–Kier alpha value is -4.13. The van der Waals surface area contributed by atoms with Crippen molar-refractivity contribution in [2.75, 3.05) is 11.9 Å². The van der Waals surface area contributed by atoms with E-state index in [1.165, 1.54) is 0 Å². The fraction of sp³-hybridized carbons (Fsp3) is 0.281. The highest BCUT2D eigenvalue weighted by Gasteiger charge is 2.23. The summed E-state index contributed by atoms with van der Waals surface area (Å²) >= 11 is 5.20. The van der Waals surface area contributed by atoms with Gasteiger partial charge in [0.2, 0.25) is 0 Å². The molecule has 44 heavy (non-hydrogen) atoms. The molecule has 0 radical (unpaired) electrons. The molecule has 3 aromatic heterocycles. The first kappa shape index (κ1) is 31.3. The minimum atomic E-state index is -1.27. The Balaban J connectivity index is 1.47. The molecule has 1 N–H and O–H groups in total. The van der Waals surface area contributed by atoms with Crippen LogP contribution in [0.1, 0.15) is 19.9 Å². The zero-order valence-electron chi connectivity index (χ0n) is 25.3. The van der Waals surface area contributed by atoms with E-state index in [1.807, 2.05) is 41.4 Å². The van der Waals surface area contributed by atoms with Crippen LogP contribution < -0.4 is 14.8 Å². The van der Waals surface area contributed by atoms with Gasteiger partial charge in [-0.25, -0.2) is 13.8 Å². The molecular weight excluding hydrogens is 601 g/mol. The quantitative estimate of drug-likeness (QED) is 0.0885. The molecule has 230 valence electrons. The number of nitrogens with zero attached hydrogens (tertiary/aromatic N) is 4. The first-order chi connectivity index (χ1) is 21.0. The zero-order chi connectivity index (χ0) is 31.4. The maximum atomic E-state index is 15.4. The summed E-state index contributed by atoms with van der Waals surface area (Å²) < 4.78 is 52.1. The van der Waals surface area contributed by atoms with Crippen LogP contribution in [0.5, 0.6) is 17.2 Å². The Morgan fingerprint density at radius 3 is 2.43 bits per heavy atom. The van der Waals surface area contributed by atoms with E-state index in [4.69, 9.17) is 26.4 Å². The molecule has 5 rings (SSSR count). The lowest BCUT2D eigenvalue weighted by molar-refractivity contribution is 0.0899. The van der Waals surface area contributed by atoms with Gasteiger partial charge >= 0.3 is 0 Å². The van der Waals surface area contributed by atoms with Crippen LogP contribution >= 0.6 is 12.2 Å². The zero-order valence-corrected chi connectivity index (χ0v) is 27.1. The van der Waals surface area contributed by atoms with Gasteiger partial charge in [-0.15, -0.1) is 0 Å². The van der Waals surface area contributed by atoms with Crippen molar-refractivity contribution in [2.24, 2.45) is 0 Å². The topological polar surface area (TPSA) is 75.4 Å². The van der Waals surface area contributed by atoms with Gasteiger partial charge in [0.1, 0.15) is 23.9 Å². The van der Waals surface area contributed by atoms with E-state index < -0.39 is 25.5 Å². The van der Waals surface area contributed by atoms with E-state index >= 15 is 8.78 Å². The van der Waals surface area contributed by atoms with Gasteiger partial charge in [0, 0.05) is 62.7 Å². The second-order valence-corrected chi connectivity index (χ2v) is 17.8. The summed E-state index contributed by atoms with van der Waals surface area (Å²) in [5.41, 5.74) is 2.21. The van der Waals surface area contributed by atoms with Crippen molar-refractivity contribution in [1.29, 1.82) is 0 Å². The lowest BCUT2D eigenvalue weighted by Crippen LogP contribution is -2.22. The van der Waals surface area contributed by atoms with Crippen molar-refractivity contribution in [3.63, 3.8) is 0 Å². The summed E-state index contributed by atoms with van der Waals surface area (Å²) in [6, 6.07) is 15.6. The van der Waals surface area contributed by atoms with Gasteiger partial charge in [-0.3, -0.25) is 4.68 Å². The molecule has 0 aliphatic rings. The average molecular weight is 636 g/mol. The number of halogens is 2. The Bertz CT molecular complexity index is 1750. The van der Waals surface area contributed by atoms with Crippen LogP contribution in [0.3, 0.4) is 0 Å². The molecule has 0 atom stereocenters. The molecule has 2 aromatic carbocycles. The molecule has 0 saturated heterocycles. The Labute approximate surface area is 261 Å². The number of hydrogen-bond donors (Lipinski definition) is 1. The van der Waals surface area contributed by atoms with E-state index in [0.717, 1.165) is 29.4 Å². The summed E-state index contributed by atoms with van der Waals surface area (Å²) in [6.45, 7) is 11.8. The lowest BCUT2D eigenvalue weighted by atomic mass is 10.1. The highest BCUT2D eigenvalue weighted by atomic mass is 32.1. The highest BCUT2D eigenvalue weighted by Crippen LogP contribution is 2.40. The number of hydrogen-bond acceptors (Lipinski definition) is 6. The number of pyridine rings is 1. The van der Waals surface area contributed by atoms with Crippen molar-refractivity contribution in [1.82, 2.24) is 19.3 Å². The molecule has 0 unspecified atom stereocenters. The monoisotopic (exact) mass is 635 g/mol. The van der Waals surface area contributed by atoms with Gasteiger partial charge in [-0.1, -0.05) is 37.8 Å². The second kappa shape index (κ2) is 13.2. The average Bonchev–Trinajstić information content (AvgIpc) is 3.59. The smallest absolute Gasteiger partial charge is 0.266 e. The molecule has 0 saturated carbocycles. The van der Waals surface area contributed by atoms with Crippen molar-refractivity contribution < 1.29 is 23.0 Å². The minimum absolute atomic E-state index is 0.0562. The number of nitrogens with one attached hydrogen (secondary N) is 1. The van der Waals surface area contributed by atoms with Crippen molar-refractivity contribution in [3.8, 4) is 28.5 Å². The molecular formula is C32H35F2N5O3SSi. The molecule has 0 fully saturated rings. The van der Waals surface area contributed by atoms with E-state index in [2.05, 4.69) is 35.0 Å². The number of rotatable bonds is 11. The number of aromatic nitrogens is 4. The second-order valence-electron chi connectivity index (χ2n) is 11.8. The maximum absolute atomic E-state index is 15.4. The fourth-order valence-electron chi connectivity index (χ4n) is 4.62. The van der Waals surface area contributed by atoms with Crippen molar-refractivity contribution in [2.45, 2.75) is 52.3 Å². The van der Waals surface area contributed by atoms with Crippen LogP contribution in [0, 0.1) is 11.6 Å². The van der Waals surface area contributed by atoms with Gasteiger partial charge < -0.3 is 24.1 Å². The van der Waals surface area contributed by atoms with Gasteiger partial charge in [0.25, 0.3) is 5.17 Å². The lowest BCUT2D eigenvalue weighted by Gasteiger charge is -2.15. The SMILES string of the molecule is CC(C)n1nccc1-c1cn(COCC[Si](C)(C)C)c2nccc(Oc3c(F)cc(NC(=S)Oc4ccccc4)cc3F)c12. The molecule has 5 aromatic rings. The van der Waals surface area contributed by atoms with Gasteiger partial charge in [0.05, 0.1) is 11.1 Å². The van der Waals surface area contributed by atoms with Crippen LogP contribution in [0.4, 0.5) is 14.5 Å².